The average Bonchev–Trinajstić information content (AvgIpc) is 2.63. The predicted octanol–water partition coefficient (Wildman–Crippen LogP) is 4.89. The Morgan fingerprint density at radius 3 is 2.04 bits per heavy atom. The molecule has 0 aliphatic heterocycles. The molecule has 1 heterocycles. The zero-order valence-corrected chi connectivity index (χ0v) is 12.7. The standard InChI is InChI=1S/C21H16N2/c1-3-9-16(10-4-1)15-20-22-19-14-8-7-13-18(19)21(23-20)17-11-5-2-6-12-17/h1-14H,15H2. The summed E-state index contributed by atoms with van der Waals surface area (Å²) in [5.74, 6) is 0.855. The molecule has 0 aliphatic carbocycles. The topological polar surface area (TPSA) is 25.8 Å². The van der Waals surface area contributed by atoms with E-state index in [1.54, 1.807) is 0 Å². The van der Waals surface area contributed by atoms with Gasteiger partial charge in [-0.15, -0.1) is 0 Å². The molecule has 0 bridgehead atoms. The van der Waals surface area contributed by atoms with Crippen molar-refractivity contribution in [2.45, 2.75) is 6.42 Å². The SMILES string of the molecule is c1ccc(Cc2nc(-c3ccccc3)c3ccccc3n2)cc1. The maximum atomic E-state index is 4.86. The van der Waals surface area contributed by atoms with Crippen LogP contribution in [-0.4, -0.2) is 9.97 Å². The maximum absolute atomic E-state index is 4.86. The number of hydrogen-bond acceptors (Lipinski definition) is 2. The Hall–Kier alpha value is -3.00. The van der Waals surface area contributed by atoms with Crippen LogP contribution in [0.4, 0.5) is 0 Å². The fourth-order valence-electron chi connectivity index (χ4n) is 2.80. The molecular weight excluding hydrogens is 280 g/mol. The summed E-state index contributed by atoms with van der Waals surface area (Å²) in [6.07, 6.45) is 0.742. The van der Waals surface area contributed by atoms with Gasteiger partial charge in [0.2, 0.25) is 0 Å². The molecule has 4 aromatic rings. The van der Waals surface area contributed by atoms with E-state index in [1.807, 2.05) is 36.4 Å². The van der Waals surface area contributed by atoms with E-state index in [-0.39, 0.29) is 0 Å². The molecule has 110 valence electrons. The summed E-state index contributed by atoms with van der Waals surface area (Å²) in [5, 5.41) is 1.09. The molecule has 2 nitrogen and oxygen atoms in total. The van der Waals surface area contributed by atoms with Crippen molar-refractivity contribution in [1.29, 1.82) is 0 Å². The zero-order chi connectivity index (χ0) is 15.5. The number of nitrogens with zero attached hydrogens (tertiary/aromatic N) is 2. The minimum absolute atomic E-state index is 0.742. The van der Waals surface area contributed by atoms with Crippen molar-refractivity contribution in [2.24, 2.45) is 0 Å². The molecule has 0 atom stereocenters. The van der Waals surface area contributed by atoms with E-state index in [0.29, 0.717) is 0 Å². The highest BCUT2D eigenvalue weighted by atomic mass is 14.9. The van der Waals surface area contributed by atoms with Crippen molar-refractivity contribution >= 4 is 10.9 Å². The van der Waals surface area contributed by atoms with Crippen LogP contribution in [0.2, 0.25) is 0 Å². The van der Waals surface area contributed by atoms with Gasteiger partial charge in [-0.3, -0.25) is 0 Å². The first-order chi connectivity index (χ1) is 11.4. The van der Waals surface area contributed by atoms with Crippen LogP contribution in [0.15, 0.2) is 84.9 Å². The highest BCUT2D eigenvalue weighted by molar-refractivity contribution is 5.92. The molecule has 0 spiro atoms. The monoisotopic (exact) mass is 296 g/mol. The van der Waals surface area contributed by atoms with Gasteiger partial charge in [-0.25, -0.2) is 9.97 Å². The van der Waals surface area contributed by atoms with E-state index in [9.17, 15) is 0 Å². The number of aromatic nitrogens is 2. The van der Waals surface area contributed by atoms with Crippen LogP contribution >= 0.6 is 0 Å². The van der Waals surface area contributed by atoms with Gasteiger partial charge in [0, 0.05) is 17.4 Å². The Morgan fingerprint density at radius 1 is 0.609 bits per heavy atom. The quantitative estimate of drug-likeness (QED) is 0.538. The van der Waals surface area contributed by atoms with Gasteiger partial charge in [-0.05, 0) is 11.6 Å². The Morgan fingerprint density at radius 2 is 1.26 bits per heavy atom. The molecule has 23 heavy (non-hydrogen) atoms. The Kier molecular flexibility index (Phi) is 3.57. The Bertz CT molecular complexity index is 931. The van der Waals surface area contributed by atoms with Gasteiger partial charge in [0.15, 0.2) is 0 Å². The molecule has 0 saturated carbocycles. The fourth-order valence-corrected chi connectivity index (χ4v) is 2.80. The lowest BCUT2D eigenvalue weighted by molar-refractivity contribution is 0.996. The van der Waals surface area contributed by atoms with Gasteiger partial charge in [0.1, 0.15) is 5.82 Å². The van der Waals surface area contributed by atoms with Gasteiger partial charge >= 0.3 is 0 Å². The summed E-state index contributed by atoms with van der Waals surface area (Å²) in [6, 6.07) is 28.9. The summed E-state index contributed by atoms with van der Waals surface area (Å²) >= 11 is 0. The van der Waals surface area contributed by atoms with E-state index in [0.717, 1.165) is 34.4 Å². The summed E-state index contributed by atoms with van der Waals surface area (Å²) in [4.78, 5) is 9.60. The molecular formula is C21H16N2. The van der Waals surface area contributed by atoms with Gasteiger partial charge in [0.25, 0.3) is 0 Å². The van der Waals surface area contributed by atoms with Crippen LogP contribution < -0.4 is 0 Å². The third-order valence-corrected chi connectivity index (χ3v) is 3.90. The Labute approximate surface area is 135 Å². The van der Waals surface area contributed by atoms with Gasteiger partial charge in [0.05, 0.1) is 11.2 Å². The van der Waals surface area contributed by atoms with E-state index in [4.69, 9.17) is 9.97 Å². The number of fused-ring (bicyclic) bond motifs is 1. The smallest absolute Gasteiger partial charge is 0.134 e. The third-order valence-electron chi connectivity index (χ3n) is 3.90. The minimum atomic E-state index is 0.742. The van der Waals surface area contributed by atoms with Crippen LogP contribution in [-0.2, 0) is 6.42 Å². The Balaban J connectivity index is 1.87. The van der Waals surface area contributed by atoms with Crippen molar-refractivity contribution in [3.05, 3.63) is 96.3 Å². The first-order valence-electron chi connectivity index (χ1n) is 7.75. The molecule has 0 fully saturated rings. The first kappa shape index (κ1) is 13.6. The first-order valence-corrected chi connectivity index (χ1v) is 7.75. The average molecular weight is 296 g/mol. The summed E-state index contributed by atoms with van der Waals surface area (Å²) in [5.41, 5.74) is 4.34. The minimum Gasteiger partial charge on any atom is -0.233 e. The number of para-hydroxylation sites is 1. The molecule has 2 heteroatoms. The second-order valence-electron chi connectivity index (χ2n) is 5.53. The zero-order valence-electron chi connectivity index (χ0n) is 12.7. The third kappa shape index (κ3) is 2.84. The van der Waals surface area contributed by atoms with Gasteiger partial charge in [-0.1, -0.05) is 78.9 Å². The van der Waals surface area contributed by atoms with Crippen molar-refractivity contribution in [3.63, 3.8) is 0 Å². The molecule has 4 rings (SSSR count). The molecule has 0 amide bonds. The van der Waals surface area contributed by atoms with Crippen molar-refractivity contribution in [3.8, 4) is 11.3 Å². The molecule has 0 saturated heterocycles. The fraction of sp³-hybridized carbons (Fsp3) is 0.0476. The second kappa shape index (κ2) is 6.01. The number of hydrogen-bond donors (Lipinski definition) is 0. The lowest BCUT2D eigenvalue weighted by Crippen LogP contribution is -2.00. The van der Waals surface area contributed by atoms with Crippen LogP contribution in [0.1, 0.15) is 11.4 Å². The largest absolute Gasteiger partial charge is 0.233 e. The van der Waals surface area contributed by atoms with Crippen LogP contribution in [0.5, 0.6) is 0 Å². The molecule has 0 radical (unpaired) electrons. The summed E-state index contributed by atoms with van der Waals surface area (Å²) < 4.78 is 0. The lowest BCUT2D eigenvalue weighted by Gasteiger charge is -2.09. The van der Waals surface area contributed by atoms with Gasteiger partial charge < -0.3 is 0 Å². The summed E-state index contributed by atoms with van der Waals surface area (Å²) in [7, 11) is 0. The van der Waals surface area contributed by atoms with E-state index < -0.39 is 0 Å². The second-order valence-corrected chi connectivity index (χ2v) is 5.53. The number of rotatable bonds is 3. The van der Waals surface area contributed by atoms with E-state index in [1.165, 1.54) is 5.56 Å². The van der Waals surface area contributed by atoms with E-state index >= 15 is 0 Å². The maximum Gasteiger partial charge on any atom is 0.134 e. The van der Waals surface area contributed by atoms with Crippen LogP contribution in [0, 0.1) is 0 Å². The van der Waals surface area contributed by atoms with Crippen molar-refractivity contribution in [1.82, 2.24) is 9.97 Å². The molecule has 0 unspecified atom stereocenters. The lowest BCUT2D eigenvalue weighted by atomic mass is 10.1. The van der Waals surface area contributed by atoms with Crippen LogP contribution in [0.3, 0.4) is 0 Å². The molecule has 3 aromatic carbocycles. The molecule has 0 aliphatic rings. The van der Waals surface area contributed by atoms with Crippen molar-refractivity contribution in [2.75, 3.05) is 0 Å². The van der Waals surface area contributed by atoms with E-state index in [2.05, 4.69) is 48.5 Å². The van der Waals surface area contributed by atoms with Gasteiger partial charge in [-0.2, -0.15) is 0 Å². The highest BCUT2D eigenvalue weighted by Gasteiger charge is 2.09. The molecule has 0 N–H and O–H groups in total. The van der Waals surface area contributed by atoms with Crippen molar-refractivity contribution < 1.29 is 0 Å². The highest BCUT2D eigenvalue weighted by Crippen LogP contribution is 2.26. The normalized spacial score (nSPS) is 10.8. The molecule has 1 aromatic heterocycles. The summed E-state index contributed by atoms with van der Waals surface area (Å²) in [6.45, 7) is 0. The number of benzene rings is 3. The predicted molar refractivity (Wildman–Crippen MR) is 94.2 cm³/mol. The van der Waals surface area contributed by atoms with Crippen LogP contribution in [0.25, 0.3) is 22.2 Å².